The van der Waals surface area contributed by atoms with Gasteiger partial charge in [0.05, 0.1) is 29.3 Å². The summed E-state index contributed by atoms with van der Waals surface area (Å²) in [6.45, 7) is 7.25. The number of nitrogens with zero attached hydrogens (tertiary/aromatic N) is 1. The van der Waals surface area contributed by atoms with Gasteiger partial charge in [0.1, 0.15) is 0 Å². The first kappa shape index (κ1) is 20.4. The maximum atomic E-state index is 12.9. The summed E-state index contributed by atoms with van der Waals surface area (Å²) in [6.07, 6.45) is 2.56. The Balaban J connectivity index is 1.81. The molecule has 6 nitrogen and oxygen atoms in total. The van der Waals surface area contributed by atoms with Crippen molar-refractivity contribution in [2.45, 2.75) is 26.7 Å². The normalized spacial score (nSPS) is 19.1. The lowest BCUT2D eigenvalue weighted by Crippen LogP contribution is -2.36. The van der Waals surface area contributed by atoms with E-state index in [1.54, 1.807) is 23.5 Å². The molecule has 1 aromatic heterocycles. The lowest BCUT2D eigenvalue weighted by Gasteiger charge is -2.30. The molecule has 0 spiro atoms. The molecule has 4 rings (SSSR count). The number of hydrogen-bond donors (Lipinski definition) is 1. The fraction of sp³-hybridized carbons (Fsp3) is 0.476. The molecule has 0 bridgehead atoms. The fourth-order valence-electron chi connectivity index (χ4n) is 4.11. The summed E-state index contributed by atoms with van der Waals surface area (Å²) in [6, 6.07) is 7.43. The molecule has 29 heavy (non-hydrogen) atoms. The maximum Gasteiger partial charge on any atom is 0.229 e. The second-order valence-corrected chi connectivity index (χ2v) is 11.3. The van der Waals surface area contributed by atoms with Crippen molar-refractivity contribution in [1.82, 2.24) is 0 Å². The van der Waals surface area contributed by atoms with E-state index in [4.69, 9.17) is 4.74 Å². The Bertz CT molecular complexity index is 1030. The number of rotatable bonds is 4. The Hall–Kier alpha value is -1.90. The number of Topliss-reactive ketones (excluding diaryl/α,β-unsaturated/α-hetero) is 1. The zero-order valence-electron chi connectivity index (χ0n) is 16.9. The molecule has 0 saturated carbocycles. The highest BCUT2D eigenvalue weighted by Crippen LogP contribution is 2.49. The molecule has 0 amide bonds. The van der Waals surface area contributed by atoms with Crippen LogP contribution in [-0.4, -0.2) is 46.8 Å². The largest absolute Gasteiger partial charge is 0.378 e. The number of anilines is 2. The molecule has 2 aromatic rings. The monoisotopic (exact) mass is 434 g/mol. The van der Waals surface area contributed by atoms with E-state index in [0.29, 0.717) is 25.3 Å². The number of nitrogens with one attached hydrogen (secondary N) is 1. The highest BCUT2D eigenvalue weighted by molar-refractivity contribution is 7.92. The number of sulfonamides is 1. The van der Waals surface area contributed by atoms with Crippen molar-refractivity contribution < 1.29 is 17.9 Å². The first-order valence-corrected chi connectivity index (χ1v) is 12.4. The summed E-state index contributed by atoms with van der Waals surface area (Å²) >= 11 is 1.60. The van der Waals surface area contributed by atoms with Crippen molar-refractivity contribution in [2.75, 3.05) is 42.2 Å². The highest BCUT2D eigenvalue weighted by atomic mass is 32.2. The first-order chi connectivity index (χ1) is 13.6. The summed E-state index contributed by atoms with van der Waals surface area (Å²) in [5, 5.41) is 1.12. The SMILES string of the molecule is CC1(C)CC(=O)c2sc(N3CCOCC3)c(-c3ccc(NS(C)(=O)=O)cc3)c2C1. The van der Waals surface area contributed by atoms with Crippen LogP contribution in [0.2, 0.25) is 0 Å². The van der Waals surface area contributed by atoms with Crippen molar-refractivity contribution in [3.05, 3.63) is 34.7 Å². The Kier molecular flexibility index (Phi) is 5.21. The lowest BCUT2D eigenvalue weighted by molar-refractivity contribution is 0.0918. The minimum atomic E-state index is -3.32. The van der Waals surface area contributed by atoms with Gasteiger partial charge in [-0.3, -0.25) is 9.52 Å². The third-order valence-electron chi connectivity index (χ3n) is 5.31. The fourth-order valence-corrected chi connectivity index (χ4v) is 6.00. The minimum absolute atomic E-state index is 0.0695. The number of benzene rings is 1. The van der Waals surface area contributed by atoms with E-state index in [2.05, 4.69) is 23.5 Å². The van der Waals surface area contributed by atoms with Crippen LogP contribution in [0, 0.1) is 5.41 Å². The van der Waals surface area contributed by atoms with E-state index in [1.165, 1.54) is 0 Å². The second-order valence-electron chi connectivity index (χ2n) is 8.58. The molecule has 8 heteroatoms. The summed E-state index contributed by atoms with van der Waals surface area (Å²) < 4.78 is 31.0. The van der Waals surface area contributed by atoms with Crippen LogP contribution in [-0.2, 0) is 21.2 Å². The number of hydrogen-bond acceptors (Lipinski definition) is 6. The molecule has 0 atom stereocenters. The third-order valence-corrected chi connectivity index (χ3v) is 7.25. The van der Waals surface area contributed by atoms with Crippen molar-refractivity contribution in [1.29, 1.82) is 0 Å². The van der Waals surface area contributed by atoms with Gasteiger partial charge in [-0.25, -0.2) is 8.42 Å². The molecular weight excluding hydrogens is 408 g/mol. The predicted octanol–water partition coefficient (Wildman–Crippen LogP) is 3.78. The summed E-state index contributed by atoms with van der Waals surface area (Å²) in [4.78, 5) is 16.1. The Labute approximate surface area is 175 Å². The first-order valence-electron chi connectivity index (χ1n) is 9.73. The van der Waals surface area contributed by atoms with Crippen LogP contribution in [0.25, 0.3) is 11.1 Å². The molecule has 2 aliphatic rings. The molecule has 1 fully saturated rings. The van der Waals surface area contributed by atoms with Crippen LogP contribution in [0.15, 0.2) is 24.3 Å². The second kappa shape index (κ2) is 7.41. The van der Waals surface area contributed by atoms with E-state index in [9.17, 15) is 13.2 Å². The topological polar surface area (TPSA) is 75.7 Å². The summed E-state index contributed by atoms with van der Waals surface area (Å²) in [5.41, 5.74) is 3.71. The van der Waals surface area contributed by atoms with Crippen LogP contribution in [0.4, 0.5) is 10.7 Å². The molecule has 156 valence electrons. The van der Waals surface area contributed by atoms with E-state index in [0.717, 1.165) is 52.3 Å². The van der Waals surface area contributed by atoms with Gasteiger partial charge in [0.15, 0.2) is 5.78 Å². The van der Waals surface area contributed by atoms with Gasteiger partial charge < -0.3 is 9.64 Å². The molecule has 1 aliphatic heterocycles. The standard InChI is InChI=1S/C21H26N2O4S2/c1-21(2)12-16-18(14-4-6-15(7-5-14)22-29(3,25)26)20(23-8-10-27-11-9-23)28-19(16)17(24)13-21/h4-7,22H,8-13H2,1-3H3. The zero-order valence-corrected chi connectivity index (χ0v) is 18.6. The molecule has 0 unspecified atom stereocenters. The van der Waals surface area contributed by atoms with Gasteiger partial charge >= 0.3 is 0 Å². The van der Waals surface area contributed by atoms with Gasteiger partial charge in [-0.05, 0) is 35.1 Å². The van der Waals surface area contributed by atoms with Crippen molar-refractivity contribution in [3.63, 3.8) is 0 Å². The predicted molar refractivity (Wildman–Crippen MR) is 118 cm³/mol. The van der Waals surface area contributed by atoms with Crippen LogP contribution in [0.1, 0.15) is 35.5 Å². The smallest absolute Gasteiger partial charge is 0.229 e. The Morgan fingerprint density at radius 3 is 2.38 bits per heavy atom. The van der Waals surface area contributed by atoms with Gasteiger partial charge in [-0.1, -0.05) is 26.0 Å². The Morgan fingerprint density at radius 2 is 1.76 bits per heavy atom. The van der Waals surface area contributed by atoms with Crippen LogP contribution in [0.3, 0.4) is 0 Å². The lowest BCUT2D eigenvalue weighted by atomic mass is 9.75. The van der Waals surface area contributed by atoms with Gasteiger partial charge in [-0.2, -0.15) is 0 Å². The molecule has 1 aromatic carbocycles. The van der Waals surface area contributed by atoms with E-state index in [-0.39, 0.29) is 11.2 Å². The van der Waals surface area contributed by atoms with E-state index >= 15 is 0 Å². The number of morpholine rings is 1. The zero-order chi connectivity index (χ0) is 20.8. The van der Waals surface area contributed by atoms with Crippen molar-refractivity contribution in [2.24, 2.45) is 5.41 Å². The summed E-state index contributed by atoms with van der Waals surface area (Å²) in [5.74, 6) is 0.220. The molecular formula is C21H26N2O4S2. The summed E-state index contributed by atoms with van der Waals surface area (Å²) in [7, 11) is -3.32. The average molecular weight is 435 g/mol. The minimum Gasteiger partial charge on any atom is -0.378 e. The van der Waals surface area contributed by atoms with E-state index < -0.39 is 10.0 Å². The number of ketones is 1. The molecule has 1 aliphatic carbocycles. The van der Waals surface area contributed by atoms with Crippen molar-refractivity contribution in [3.8, 4) is 11.1 Å². The van der Waals surface area contributed by atoms with Crippen LogP contribution >= 0.6 is 11.3 Å². The van der Waals surface area contributed by atoms with Gasteiger partial charge in [0.2, 0.25) is 10.0 Å². The number of carbonyl (C=O) groups excluding carboxylic acids is 1. The van der Waals surface area contributed by atoms with Crippen LogP contribution in [0.5, 0.6) is 0 Å². The van der Waals surface area contributed by atoms with Crippen LogP contribution < -0.4 is 9.62 Å². The number of fused-ring (bicyclic) bond motifs is 1. The van der Waals surface area contributed by atoms with Gasteiger partial charge in [0.25, 0.3) is 0 Å². The van der Waals surface area contributed by atoms with Crippen molar-refractivity contribution >= 4 is 37.8 Å². The van der Waals surface area contributed by atoms with E-state index in [1.807, 2.05) is 12.1 Å². The average Bonchev–Trinajstić information content (AvgIpc) is 3.00. The quantitative estimate of drug-likeness (QED) is 0.793. The molecule has 1 saturated heterocycles. The molecule has 0 radical (unpaired) electrons. The Morgan fingerprint density at radius 1 is 1.10 bits per heavy atom. The number of carbonyl (C=O) groups is 1. The third kappa shape index (κ3) is 4.34. The highest BCUT2D eigenvalue weighted by Gasteiger charge is 2.36. The van der Waals surface area contributed by atoms with Gasteiger partial charge in [-0.15, -0.1) is 11.3 Å². The number of thiophene rings is 1. The maximum absolute atomic E-state index is 12.9. The molecule has 2 heterocycles. The van der Waals surface area contributed by atoms with Gasteiger partial charge in [0, 0.05) is 30.8 Å². The number of ether oxygens (including phenoxy) is 1. The molecule has 1 N–H and O–H groups in total.